The van der Waals surface area contributed by atoms with Crippen LogP contribution in [0.5, 0.6) is 11.5 Å². The summed E-state index contributed by atoms with van der Waals surface area (Å²) in [5.74, 6) is 0.532. The van der Waals surface area contributed by atoms with E-state index in [-0.39, 0.29) is 24.2 Å². The number of amides is 1. The molecule has 0 aromatic heterocycles. The summed E-state index contributed by atoms with van der Waals surface area (Å²) in [5, 5.41) is 2.48. The molecule has 0 spiro atoms. The first-order valence-corrected chi connectivity index (χ1v) is 7.68. The number of nitrogens with two attached hydrogens (primary N) is 1. The van der Waals surface area contributed by atoms with Gasteiger partial charge in [0, 0.05) is 17.8 Å². The summed E-state index contributed by atoms with van der Waals surface area (Å²) in [6, 6.07) is 8.21. The zero-order valence-corrected chi connectivity index (χ0v) is 14.3. The van der Waals surface area contributed by atoms with Gasteiger partial charge in [-0.2, -0.15) is 13.2 Å². The van der Waals surface area contributed by atoms with Gasteiger partial charge in [0.25, 0.3) is 0 Å². The summed E-state index contributed by atoms with van der Waals surface area (Å²) < 4.78 is 49.2. The van der Waals surface area contributed by atoms with Crippen molar-refractivity contribution in [1.29, 1.82) is 0 Å². The molecule has 0 radical (unpaired) electrons. The Morgan fingerprint density at radius 1 is 1.12 bits per heavy atom. The van der Waals surface area contributed by atoms with E-state index in [4.69, 9.17) is 15.2 Å². The van der Waals surface area contributed by atoms with Crippen LogP contribution in [0, 0.1) is 0 Å². The minimum Gasteiger partial charge on any atom is -0.497 e. The van der Waals surface area contributed by atoms with Crippen LogP contribution < -0.4 is 20.5 Å². The first-order valence-electron chi connectivity index (χ1n) is 7.68. The zero-order valence-electron chi connectivity index (χ0n) is 14.3. The lowest BCUT2D eigenvalue weighted by Crippen LogP contribution is -2.16. The molecule has 8 heteroatoms. The van der Waals surface area contributed by atoms with E-state index in [1.165, 1.54) is 20.3 Å². The van der Waals surface area contributed by atoms with Gasteiger partial charge in [-0.1, -0.05) is 0 Å². The smallest absolute Gasteiger partial charge is 0.416 e. The molecule has 0 aliphatic carbocycles. The normalized spacial score (nSPS) is 11.2. The summed E-state index contributed by atoms with van der Waals surface area (Å²) in [4.78, 5) is 12.3. The Balaban J connectivity index is 2.23. The molecule has 5 nitrogen and oxygen atoms in total. The maximum Gasteiger partial charge on any atom is 0.416 e. The number of anilines is 1. The van der Waals surface area contributed by atoms with Crippen LogP contribution in [0.15, 0.2) is 36.4 Å². The molecule has 0 fully saturated rings. The molecule has 0 aliphatic rings. The number of alkyl halides is 3. The minimum absolute atomic E-state index is 0.0344. The van der Waals surface area contributed by atoms with E-state index < -0.39 is 17.6 Å². The van der Waals surface area contributed by atoms with Gasteiger partial charge in [0.15, 0.2) is 0 Å². The number of carbonyl (C=O) groups excluding carboxylic acids is 1. The van der Waals surface area contributed by atoms with E-state index in [1.807, 2.05) is 0 Å². The molecule has 2 rings (SSSR count). The molecule has 2 aromatic carbocycles. The standard InChI is InChI=1S/C18H19F3N2O3/c1-25-15-3-4-16(26-2)12(7-15)8-17(24)23-14-6-11(10-22)5-13(9-14)18(19,20)21/h3-7,9H,8,10,22H2,1-2H3,(H,23,24). The van der Waals surface area contributed by atoms with Crippen molar-refractivity contribution >= 4 is 11.6 Å². The number of halogens is 3. The highest BCUT2D eigenvalue weighted by Gasteiger charge is 2.31. The molecule has 0 heterocycles. The summed E-state index contributed by atoms with van der Waals surface area (Å²) in [6.07, 6.45) is -4.62. The Kier molecular flexibility index (Phi) is 6.10. The van der Waals surface area contributed by atoms with Crippen LogP contribution in [-0.4, -0.2) is 20.1 Å². The predicted molar refractivity (Wildman–Crippen MR) is 91.2 cm³/mol. The van der Waals surface area contributed by atoms with Gasteiger partial charge in [0.05, 0.1) is 26.2 Å². The van der Waals surface area contributed by atoms with E-state index in [0.29, 0.717) is 17.1 Å². The summed E-state index contributed by atoms with van der Waals surface area (Å²) in [7, 11) is 2.95. The van der Waals surface area contributed by atoms with Crippen molar-refractivity contribution in [1.82, 2.24) is 0 Å². The third kappa shape index (κ3) is 4.89. The molecule has 0 saturated heterocycles. The van der Waals surface area contributed by atoms with Gasteiger partial charge in [0.1, 0.15) is 11.5 Å². The second-order valence-electron chi connectivity index (χ2n) is 5.52. The van der Waals surface area contributed by atoms with E-state index in [1.54, 1.807) is 18.2 Å². The minimum atomic E-state index is -4.53. The Hall–Kier alpha value is -2.74. The molecule has 0 saturated carbocycles. The van der Waals surface area contributed by atoms with Crippen LogP contribution in [0.1, 0.15) is 16.7 Å². The van der Waals surface area contributed by atoms with Gasteiger partial charge in [0.2, 0.25) is 5.91 Å². The van der Waals surface area contributed by atoms with E-state index in [0.717, 1.165) is 12.1 Å². The zero-order chi connectivity index (χ0) is 19.3. The average Bonchev–Trinajstić information content (AvgIpc) is 2.60. The van der Waals surface area contributed by atoms with Gasteiger partial charge in [-0.05, 0) is 42.0 Å². The number of nitrogens with one attached hydrogen (secondary N) is 1. The molecule has 26 heavy (non-hydrogen) atoms. The fraction of sp³-hybridized carbons (Fsp3) is 0.278. The quantitative estimate of drug-likeness (QED) is 0.820. The summed E-state index contributed by atoms with van der Waals surface area (Å²) in [6.45, 7) is -0.0729. The van der Waals surface area contributed by atoms with Gasteiger partial charge >= 0.3 is 6.18 Å². The van der Waals surface area contributed by atoms with Gasteiger partial charge in [-0.3, -0.25) is 4.79 Å². The van der Waals surface area contributed by atoms with E-state index in [2.05, 4.69) is 5.32 Å². The highest BCUT2D eigenvalue weighted by atomic mass is 19.4. The molecule has 0 atom stereocenters. The third-order valence-corrected chi connectivity index (χ3v) is 3.68. The topological polar surface area (TPSA) is 73.6 Å². The Morgan fingerprint density at radius 3 is 2.42 bits per heavy atom. The largest absolute Gasteiger partial charge is 0.497 e. The monoisotopic (exact) mass is 368 g/mol. The van der Waals surface area contributed by atoms with E-state index in [9.17, 15) is 18.0 Å². The van der Waals surface area contributed by atoms with Crippen molar-refractivity contribution in [2.24, 2.45) is 5.73 Å². The molecule has 0 bridgehead atoms. The highest BCUT2D eigenvalue weighted by molar-refractivity contribution is 5.92. The maximum absolute atomic E-state index is 13.0. The van der Waals surface area contributed by atoms with Gasteiger partial charge < -0.3 is 20.5 Å². The van der Waals surface area contributed by atoms with Crippen molar-refractivity contribution in [3.05, 3.63) is 53.1 Å². The number of hydrogen-bond acceptors (Lipinski definition) is 4. The van der Waals surface area contributed by atoms with Crippen molar-refractivity contribution in [3.8, 4) is 11.5 Å². The van der Waals surface area contributed by atoms with Crippen LogP contribution in [0.4, 0.5) is 18.9 Å². The number of rotatable bonds is 6. The number of ether oxygens (including phenoxy) is 2. The molecular weight excluding hydrogens is 349 g/mol. The predicted octanol–water partition coefficient (Wildman–Crippen LogP) is 3.36. The Bertz CT molecular complexity index is 792. The summed E-state index contributed by atoms with van der Waals surface area (Å²) >= 11 is 0. The summed E-state index contributed by atoms with van der Waals surface area (Å²) in [5.41, 5.74) is 5.44. The SMILES string of the molecule is COc1ccc(OC)c(CC(=O)Nc2cc(CN)cc(C(F)(F)F)c2)c1. The van der Waals surface area contributed by atoms with Gasteiger partial charge in [-0.15, -0.1) is 0 Å². The van der Waals surface area contributed by atoms with Gasteiger partial charge in [-0.25, -0.2) is 0 Å². The fourth-order valence-corrected chi connectivity index (χ4v) is 2.44. The first-order chi connectivity index (χ1) is 12.3. The molecule has 0 aliphatic heterocycles. The highest BCUT2D eigenvalue weighted by Crippen LogP contribution is 2.32. The van der Waals surface area contributed by atoms with Crippen LogP contribution >= 0.6 is 0 Å². The molecule has 2 aromatic rings. The lowest BCUT2D eigenvalue weighted by molar-refractivity contribution is -0.137. The van der Waals surface area contributed by atoms with Crippen molar-refractivity contribution in [2.75, 3.05) is 19.5 Å². The number of benzene rings is 2. The lowest BCUT2D eigenvalue weighted by atomic mass is 10.1. The molecule has 3 N–H and O–H groups in total. The van der Waals surface area contributed by atoms with Crippen LogP contribution in [0.2, 0.25) is 0 Å². The lowest BCUT2D eigenvalue weighted by Gasteiger charge is -2.13. The number of hydrogen-bond donors (Lipinski definition) is 2. The second kappa shape index (κ2) is 8.09. The maximum atomic E-state index is 13.0. The Labute approximate surface area is 148 Å². The van der Waals surface area contributed by atoms with Crippen molar-refractivity contribution < 1.29 is 27.4 Å². The van der Waals surface area contributed by atoms with Crippen LogP contribution in [0.3, 0.4) is 0 Å². The van der Waals surface area contributed by atoms with E-state index >= 15 is 0 Å². The first kappa shape index (κ1) is 19.6. The molecular formula is C18H19F3N2O3. The Morgan fingerprint density at radius 2 is 1.85 bits per heavy atom. The van der Waals surface area contributed by atoms with Crippen LogP contribution in [0.25, 0.3) is 0 Å². The number of methoxy groups -OCH3 is 2. The fourth-order valence-electron chi connectivity index (χ4n) is 2.44. The third-order valence-electron chi connectivity index (χ3n) is 3.68. The molecule has 0 unspecified atom stereocenters. The average molecular weight is 368 g/mol. The van der Waals surface area contributed by atoms with Crippen LogP contribution in [-0.2, 0) is 23.9 Å². The number of carbonyl (C=O) groups is 1. The second-order valence-corrected chi connectivity index (χ2v) is 5.52. The molecule has 1 amide bonds. The van der Waals surface area contributed by atoms with Crippen molar-refractivity contribution in [2.45, 2.75) is 19.1 Å². The van der Waals surface area contributed by atoms with Crippen molar-refractivity contribution in [3.63, 3.8) is 0 Å². The molecule has 140 valence electrons.